The fourth-order valence-corrected chi connectivity index (χ4v) is 6.27. The maximum atomic E-state index is 10.9. The van der Waals surface area contributed by atoms with Crippen LogP contribution >= 0.6 is 22.9 Å². The van der Waals surface area contributed by atoms with E-state index in [1.165, 1.54) is 0 Å². The number of thiazole rings is 1. The van der Waals surface area contributed by atoms with Crippen molar-refractivity contribution in [1.29, 1.82) is 0 Å². The second kappa shape index (κ2) is 16.9. The van der Waals surface area contributed by atoms with Gasteiger partial charge in [0.2, 0.25) is 0 Å². The van der Waals surface area contributed by atoms with Gasteiger partial charge in [0, 0.05) is 37.5 Å². The largest absolute Gasteiger partial charge is 0.463 e. The minimum Gasteiger partial charge on any atom is -0.463 e. The number of unbranched alkanes of at least 4 members (excludes halogenated alkanes) is 3. The zero-order chi connectivity index (χ0) is 29.9. The molecule has 0 radical (unpaired) electrons. The van der Waals surface area contributed by atoms with Crippen LogP contribution in [0.5, 0.6) is 0 Å². The highest BCUT2D eigenvalue weighted by Gasteiger charge is 2.50. The Balaban J connectivity index is 1.65. The molecule has 3 aromatic rings. The predicted molar refractivity (Wildman–Crippen MR) is 167 cm³/mol. The minimum atomic E-state index is -0.755. The molecular formula is C33H46ClNO6S. The molecule has 0 aliphatic carbocycles. The highest BCUT2D eigenvalue weighted by molar-refractivity contribution is 7.15. The maximum absolute atomic E-state index is 10.9. The van der Waals surface area contributed by atoms with Crippen molar-refractivity contribution in [1.82, 2.24) is 4.98 Å². The number of aliphatic hydroxyl groups excluding tert-OH is 1. The van der Waals surface area contributed by atoms with E-state index in [2.05, 4.69) is 31.8 Å². The molecule has 1 N–H and O–H groups in total. The average Bonchev–Trinajstić information content (AvgIpc) is 3.68. The molecule has 0 amide bonds. The Kier molecular flexibility index (Phi) is 13.3. The first-order valence-corrected chi connectivity index (χ1v) is 16.6. The summed E-state index contributed by atoms with van der Waals surface area (Å²) in [6, 6.07) is 9.78. The number of nitrogens with zero attached hydrogens (tertiary/aromatic N) is 1. The van der Waals surface area contributed by atoms with Crippen molar-refractivity contribution in [3.8, 4) is 10.6 Å². The molecule has 7 nitrogen and oxygen atoms in total. The lowest BCUT2D eigenvalue weighted by Gasteiger charge is -2.47. The number of furan rings is 1. The van der Waals surface area contributed by atoms with Gasteiger partial charge in [0.05, 0.1) is 22.3 Å². The lowest BCUT2D eigenvalue weighted by molar-refractivity contribution is -0.275. The van der Waals surface area contributed by atoms with Gasteiger partial charge in [-0.3, -0.25) is 0 Å². The van der Waals surface area contributed by atoms with Gasteiger partial charge in [0.15, 0.2) is 0 Å². The molecule has 1 saturated heterocycles. The van der Waals surface area contributed by atoms with Crippen molar-refractivity contribution in [2.45, 2.75) is 109 Å². The van der Waals surface area contributed by atoms with E-state index in [0.29, 0.717) is 31.3 Å². The normalized spacial score (nSPS) is 23.3. The van der Waals surface area contributed by atoms with E-state index in [4.69, 9.17) is 35.0 Å². The summed E-state index contributed by atoms with van der Waals surface area (Å²) in [6.45, 7) is 9.94. The number of benzene rings is 1. The first kappa shape index (κ1) is 33.1. The summed E-state index contributed by atoms with van der Waals surface area (Å²) < 4.78 is 31.8. The fraction of sp³-hybridized carbons (Fsp3) is 0.606. The molecule has 1 aliphatic heterocycles. The van der Waals surface area contributed by atoms with Crippen LogP contribution in [0, 0.1) is 0 Å². The SMILES string of the molecule is CCCCO[C@@H]1[C@@H](OCCCC)[C@H](c2ccc(Cl)c(Cc3ncc(-c4ccco4)s3)c2)O[C@H](C(C)O)[C@H]1OCCCC. The van der Waals surface area contributed by atoms with Gasteiger partial charge in [-0.2, -0.15) is 0 Å². The van der Waals surface area contributed by atoms with Crippen LogP contribution in [0.2, 0.25) is 5.02 Å². The first-order chi connectivity index (χ1) is 20.5. The molecule has 1 aromatic carbocycles. The van der Waals surface area contributed by atoms with Crippen LogP contribution < -0.4 is 0 Å². The Morgan fingerprint density at radius 2 is 1.62 bits per heavy atom. The molecule has 1 unspecified atom stereocenters. The van der Waals surface area contributed by atoms with E-state index in [1.807, 2.05) is 30.5 Å². The number of rotatable bonds is 17. The second-order valence-electron chi connectivity index (χ2n) is 11.0. The van der Waals surface area contributed by atoms with Gasteiger partial charge in [0.25, 0.3) is 0 Å². The van der Waals surface area contributed by atoms with Crippen molar-refractivity contribution in [2.24, 2.45) is 0 Å². The van der Waals surface area contributed by atoms with Gasteiger partial charge in [-0.05, 0) is 55.5 Å². The van der Waals surface area contributed by atoms with Gasteiger partial charge in [-0.15, -0.1) is 11.3 Å². The molecule has 1 fully saturated rings. The summed E-state index contributed by atoms with van der Waals surface area (Å²) in [4.78, 5) is 5.60. The monoisotopic (exact) mass is 619 g/mol. The molecule has 42 heavy (non-hydrogen) atoms. The molecule has 0 bridgehead atoms. The number of hydrogen-bond donors (Lipinski definition) is 1. The predicted octanol–water partition coefficient (Wildman–Crippen LogP) is 8.02. The molecule has 2 aromatic heterocycles. The Labute approximate surface area is 259 Å². The molecule has 232 valence electrons. The lowest BCUT2D eigenvalue weighted by atomic mass is 9.88. The zero-order valence-electron chi connectivity index (χ0n) is 25.3. The van der Waals surface area contributed by atoms with Crippen LogP contribution in [0.3, 0.4) is 0 Å². The van der Waals surface area contributed by atoms with Crippen LogP contribution in [-0.2, 0) is 25.4 Å². The highest BCUT2D eigenvalue weighted by Crippen LogP contribution is 2.40. The van der Waals surface area contributed by atoms with Crippen molar-refractivity contribution < 1.29 is 28.5 Å². The summed E-state index contributed by atoms with van der Waals surface area (Å²) in [5, 5.41) is 12.5. The zero-order valence-corrected chi connectivity index (χ0v) is 26.9. The van der Waals surface area contributed by atoms with E-state index in [0.717, 1.165) is 65.3 Å². The topological polar surface area (TPSA) is 83.2 Å². The molecule has 6 atom stereocenters. The van der Waals surface area contributed by atoms with E-state index in [1.54, 1.807) is 24.5 Å². The molecular weight excluding hydrogens is 574 g/mol. The van der Waals surface area contributed by atoms with Crippen LogP contribution in [0.1, 0.15) is 88.5 Å². The smallest absolute Gasteiger partial charge is 0.145 e. The van der Waals surface area contributed by atoms with Crippen molar-refractivity contribution in [3.05, 3.63) is 63.9 Å². The molecule has 4 rings (SSSR count). The number of aliphatic hydroxyl groups is 1. The summed E-state index contributed by atoms with van der Waals surface area (Å²) in [5.74, 6) is 0.801. The Morgan fingerprint density at radius 1 is 0.952 bits per heavy atom. The third-order valence-electron chi connectivity index (χ3n) is 7.53. The van der Waals surface area contributed by atoms with E-state index in [-0.39, 0.29) is 0 Å². The first-order valence-electron chi connectivity index (χ1n) is 15.4. The number of hydrogen-bond acceptors (Lipinski definition) is 8. The highest BCUT2D eigenvalue weighted by atomic mass is 35.5. The van der Waals surface area contributed by atoms with Gasteiger partial charge in [-0.1, -0.05) is 63.8 Å². The van der Waals surface area contributed by atoms with Crippen molar-refractivity contribution in [3.63, 3.8) is 0 Å². The van der Waals surface area contributed by atoms with E-state index < -0.39 is 36.6 Å². The Bertz CT molecular complexity index is 1190. The van der Waals surface area contributed by atoms with Crippen LogP contribution in [0.15, 0.2) is 47.2 Å². The van der Waals surface area contributed by atoms with Gasteiger partial charge >= 0.3 is 0 Å². The molecule has 9 heteroatoms. The number of aromatic nitrogens is 1. The van der Waals surface area contributed by atoms with Gasteiger partial charge in [-0.25, -0.2) is 4.98 Å². The molecule has 1 aliphatic rings. The number of halogens is 1. The minimum absolute atomic E-state index is 0.391. The van der Waals surface area contributed by atoms with Gasteiger partial charge < -0.3 is 28.5 Å². The van der Waals surface area contributed by atoms with Crippen molar-refractivity contribution >= 4 is 22.9 Å². The average molecular weight is 620 g/mol. The third-order valence-corrected chi connectivity index (χ3v) is 8.91. The van der Waals surface area contributed by atoms with E-state index in [9.17, 15) is 5.11 Å². The quantitative estimate of drug-likeness (QED) is 0.153. The van der Waals surface area contributed by atoms with Crippen molar-refractivity contribution in [2.75, 3.05) is 19.8 Å². The van der Waals surface area contributed by atoms with Crippen LogP contribution in [0.25, 0.3) is 10.6 Å². The van der Waals surface area contributed by atoms with E-state index >= 15 is 0 Å². The second-order valence-corrected chi connectivity index (χ2v) is 12.5. The Hall–Kier alpha value is -1.78. The van der Waals surface area contributed by atoms with Gasteiger partial charge in [0.1, 0.15) is 36.3 Å². The molecule has 3 heterocycles. The standard InChI is InChI=1S/C33H46ClNO6S/c1-5-8-15-38-31-29(22(4)36)41-30(32(39-16-9-6-2)33(31)40-17-10-7-3)23-13-14-25(34)24(19-23)20-28-35-21-27(42-28)26-12-11-18-37-26/h11-14,18-19,21-22,29-33,36H,5-10,15-17,20H2,1-4H3/t22?,29-,30+,31-,32+,33+/m1/s1. The molecule has 0 spiro atoms. The Morgan fingerprint density at radius 3 is 2.24 bits per heavy atom. The lowest BCUT2D eigenvalue weighted by Crippen LogP contribution is -2.60. The summed E-state index contributed by atoms with van der Waals surface area (Å²) in [6.07, 6.45) is 6.88. The third kappa shape index (κ3) is 8.65. The summed E-state index contributed by atoms with van der Waals surface area (Å²) >= 11 is 8.30. The fourth-order valence-electron chi connectivity index (χ4n) is 5.17. The number of ether oxygens (including phenoxy) is 4. The maximum Gasteiger partial charge on any atom is 0.145 e. The van der Waals surface area contributed by atoms with Crippen LogP contribution in [-0.4, -0.2) is 60.4 Å². The summed E-state index contributed by atoms with van der Waals surface area (Å²) in [7, 11) is 0. The molecule has 0 saturated carbocycles. The summed E-state index contributed by atoms with van der Waals surface area (Å²) in [5.41, 5.74) is 1.88. The van der Waals surface area contributed by atoms with Crippen LogP contribution in [0.4, 0.5) is 0 Å².